The predicted molar refractivity (Wildman–Crippen MR) is 83.3 cm³/mol. The molecule has 0 aromatic heterocycles. The molecule has 0 atom stereocenters. The minimum atomic E-state index is -0.756. The third kappa shape index (κ3) is 3.28. The number of anilines is 2. The zero-order valence-electron chi connectivity index (χ0n) is 11.5. The van der Waals surface area contributed by atoms with Gasteiger partial charge in [0.05, 0.1) is 7.11 Å². The van der Waals surface area contributed by atoms with Gasteiger partial charge in [-0.15, -0.1) is 0 Å². The van der Waals surface area contributed by atoms with E-state index in [0.717, 1.165) is 17.7 Å². The number of halogens is 2. The number of aryl methyl sites for hydroxylation is 1. The Morgan fingerprint density at radius 1 is 1.19 bits per heavy atom. The van der Waals surface area contributed by atoms with E-state index in [-0.39, 0.29) is 16.2 Å². The highest BCUT2D eigenvalue weighted by Gasteiger charge is 2.13. The quantitative estimate of drug-likeness (QED) is 0.846. The predicted octanol–water partition coefficient (Wildman–Crippen LogP) is 3.66. The summed E-state index contributed by atoms with van der Waals surface area (Å²) in [6.07, 6.45) is 0. The summed E-state index contributed by atoms with van der Waals surface area (Å²) in [6, 6.07) is 7.36. The smallest absolute Gasteiger partial charge is 0.150 e. The number of nitrogens with two attached hydrogens (primary N) is 1. The van der Waals surface area contributed by atoms with Gasteiger partial charge in [-0.3, -0.25) is 0 Å². The molecule has 6 heteroatoms. The lowest BCUT2D eigenvalue weighted by Crippen LogP contribution is -2.11. The van der Waals surface area contributed by atoms with E-state index in [4.69, 9.17) is 22.7 Å². The Morgan fingerprint density at radius 3 is 2.29 bits per heavy atom. The summed E-state index contributed by atoms with van der Waals surface area (Å²) in [5.41, 5.74) is 6.66. The molecule has 21 heavy (non-hydrogen) atoms. The standard InChI is InChI=1S/C15H14F2N2OS/c1-8-5-10(20-2)3-4-13(8)19-14-11(16)6-9(15(18)21)7-12(14)17/h3-7,19H,1-2H3,(H2,18,21). The molecule has 0 saturated heterocycles. The molecule has 0 fully saturated rings. The van der Waals surface area contributed by atoms with Gasteiger partial charge < -0.3 is 15.8 Å². The first-order valence-corrected chi connectivity index (χ1v) is 6.53. The molecule has 0 amide bonds. The van der Waals surface area contributed by atoms with Crippen molar-refractivity contribution in [2.24, 2.45) is 5.73 Å². The van der Waals surface area contributed by atoms with E-state index in [0.29, 0.717) is 11.4 Å². The van der Waals surface area contributed by atoms with Crippen molar-refractivity contribution >= 4 is 28.6 Å². The van der Waals surface area contributed by atoms with Crippen LogP contribution in [0, 0.1) is 18.6 Å². The molecule has 0 unspecified atom stereocenters. The Kier molecular flexibility index (Phi) is 4.37. The molecule has 3 N–H and O–H groups in total. The molecule has 2 aromatic rings. The molecule has 0 aliphatic carbocycles. The van der Waals surface area contributed by atoms with Gasteiger partial charge in [-0.2, -0.15) is 0 Å². The monoisotopic (exact) mass is 308 g/mol. The van der Waals surface area contributed by atoms with Gasteiger partial charge in [0.1, 0.15) is 28.1 Å². The van der Waals surface area contributed by atoms with Gasteiger partial charge in [0.25, 0.3) is 0 Å². The molecule has 0 aliphatic heterocycles. The average Bonchev–Trinajstić information content (AvgIpc) is 2.43. The lowest BCUT2D eigenvalue weighted by molar-refractivity contribution is 0.414. The molecule has 0 bridgehead atoms. The SMILES string of the molecule is COc1ccc(Nc2c(F)cc(C(N)=S)cc2F)c(C)c1. The van der Waals surface area contributed by atoms with E-state index in [1.165, 1.54) is 0 Å². The van der Waals surface area contributed by atoms with Crippen LogP contribution >= 0.6 is 12.2 Å². The Morgan fingerprint density at radius 2 is 1.81 bits per heavy atom. The molecular formula is C15H14F2N2OS. The van der Waals surface area contributed by atoms with Crippen LogP contribution in [0.3, 0.4) is 0 Å². The number of nitrogens with one attached hydrogen (secondary N) is 1. The second kappa shape index (κ2) is 6.05. The first-order chi connectivity index (χ1) is 9.92. The van der Waals surface area contributed by atoms with Gasteiger partial charge in [0.15, 0.2) is 0 Å². The summed E-state index contributed by atoms with van der Waals surface area (Å²) in [6.45, 7) is 1.81. The fourth-order valence-electron chi connectivity index (χ4n) is 1.87. The number of thiocarbonyl (C=S) groups is 1. The Balaban J connectivity index is 2.38. The Labute approximate surface area is 126 Å². The van der Waals surface area contributed by atoms with E-state index in [1.807, 2.05) is 6.92 Å². The van der Waals surface area contributed by atoms with Crippen LogP contribution in [0.2, 0.25) is 0 Å². The minimum absolute atomic E-state index is 0.0556. The summed E-state index contributed by atoms with van der Waals surface area (Å²) >= 11 is 4.71. The maximum absolute atomic E-state index is 14.0. The van der Waals surface area contributed by atoms with Crippen LogP contribution in [0.5, 0.6) is 5.75 Å². The topological polar surface area (TPSA) is 47.3 Å². The molecule has 0 radical (unpaired) electrons. The molecule has 110 valence electrons. The Bertz CT molecular complexity index is 681. The van der Waals surface area contributed by atoms with E-state index >= 15 is 0 Å². The molecule has 2 rings (SSSR count). The van der Waals surface area contributed by atoms with Crippen LogP contribution in [-0.4, -0.2) is 12.1 Å². The fraction of sp³-hybridized carbons (Fsp3) is 0.133. The third-order valence-corrected chi connectivity index (χ3v) is 3.26. The number of ether oxygens (including phenoxy) is 1. The average molecular weight is 308 g/mol. The van der Waals surface area contributed by atoms with E-state index in [1.54, 1.807) is 25.3 Å². The van der Waals surface area contributed by atoms with Gasteiger partial charge in [-0.1, -0.05) is 12.2 Å². The third-order valence-electron chi connectivity index (χ3n) is 3.02. The summed E-state index contributed by atoms with van der Waals surface area (Å²) in [5, 5.41) is 2.74. The van der Waals surface area contributed by atoms with E-state index in [2.05, 4.69) is 5.32 Å². The van der Waals surface area contributed by atoms with E-state index < -0.39 is 11.6 Å². The molecule has 0 saturated carbocycles. The summed E-state index contributed by atoms with van der Waals surface area (Å²) in [7, 11) is 1.55. The van der Waals surface area contributed by atoms with Crippen LogP contribution in [-0.2, 0) is 0 Å². The first-order valence-electron chi connectivity index (χ1n) is 6.13. The van der Waals surface area contributed by atoms with Crippen LogP contribution < -0.4 is 15.8 Å². The van der Waals surface area contributed by atoms with Crippen molar-refractivity contribution in [2.75, 3.05) is 12.4 Å². The number of benzene rings is 2. The normalized spacial score (nSPS) is 10.3. The molecule has 0 spiro atoms. The zero-order chi connectivity index (χ0) is 15.6. The number of rotatable bonds is 4. The molecule has 3 nitrogen and oxygen atoms in total. The highest BCUT2D eigenvalue weighted by molar-refractivity contribution is 7.80. The van der Waals surface area contributed by atoms with Crippen molar-refractivity contribution in [1.82, 2.24) is 0 Å². The molecule has 2 aromatic carbocycles. The van der Waals surface area contributed by atoms with Crippen LogP contribution in [0.25, 0.3) is 0 Å². The number of hydrogen-bond acceptors (Lipinski definition) is 3. The molecule has 0 aliphatic rings. The van der Waals surface area contributed by atoms with Crippen molar-refractivity contribution in [3.05, 3.63) is 53.1 Å². The van der Waals surface area contributed by atoms with Crippen molar-refractivity contribution in [2.45, 2.75) is 6.92 Å². The fourth-order valence-corrected chi connectivity index (χ4v) is 1.99. The maximum atomic E-state index is 14.0. The Hall–Kier alpha value is -2.21. The number of hydrogen-bond donors (Lipinski definition) is 2. The van der Waals surface area contributed by atoms with Crippen molar-refractivity contribution in [3.8, 4) is 5.75 Å². The van der Waals surface area contributed by atoms with Crippen LogP contribution in [0.4, 0.5) is 20.2 Å². The van der Waals surface area contributed by atoms with Gasteiger partial charge in [0, 0.05) is 11.3 Å². The highest BCUT2D eigenvalue weighted by Crippen LogP contribution is 2.28. The lowest BCUT2D eigenvalue weighted by atomic mass is 10.1. The second-order valence-corrected chi connectivity index (χ2v) is 4.92. The van der Waals surface area contributed by atoms with Crippen molar-refractivity contribution in [1.29, 1.82) is 0 Å². The van der Waals surface area contributed by atoms with Crippen LogP contribution in [0.15, 0.2) is 30.3 Å². The van der Waals surface area contributed by atoms with Gasteiger partial charge in [-0.25, -0.2) is 8.78 Å². The van der Waals surface area contributed by atoms with Gasteiger partial charge in [-0.05, 0) is 42.8 Å². The van der Waals surface area contributed by atoms with Crippen LogP contribution in [0.1, 0.15) is 11.1 Å². The number of methoxy groups -OCH3 is 1. The maximum Gasteiger partial charge on any atom is 0.150 e. The molecule has 0 heterocycles. The lowest BCUT2D eigenvalue weighted by Gasteiger charge is -2.13. The van der Waals surface area contributed by atoms with Crippen molar-refractivity contribution in [3.63, 3.8) is 0 Å². The molecular weight excluding hydrogens is 294 g/mol. The summed E-state index contributed by atoms with van der Waals surface area (Å²) < 4.78 is 33.1. The van der Waals surface area contributed by atoms with Crippen molar-refractivity contribution < 1.29 is 13.5 Å². The van der Waals surface area contributed by atoms with Gasteiger partial charge >= 0.3 is 0 Å². The van der Waals surface area contributed by atoms with Gasteiger partial charge in [0.2, 0.25) is 0 Å². The highest BCUT2D eigenvalue weighted by atomic mass is 32.1. The second-order valence-electron chi connectivity index (χ2n) is 4.48. The summed E-state index contributed by atoms with van der Waals surface area (Å²) in [4.78, 5) is -0.0556. The van der Waals surface area contributed by atoms with E-state index in [9.17, 15) is 8.78 Å². The zero-order valence-corrected chi connectivity index (χ0v) is 12.4. The summed E-state index contributed by atoms with van der Waals surface area (Å²) in [5.74, 6) is -0.844. The minimum Gasteiger partial charge on any atom is -0.497 e. The first kappa shape index (κ1) is 15.2. The largest absolute Gasteiger partial charge is 0.497 e.